The van der Waals surface area contributed by atoms with E-state index in [1.807, 2.05) is 24.3 Å². The molecule has 30 heavy (non-hydrogen) atoms. The lowest BCUT2D eigenvalue weighted by atomic mass is 10.2. The van der Waals surface area contributed by atoms with E-state index in [1.165, 1.54) is 11.8 Å². The van der Waals surface area contributed by atoms with Gasteiger partial charge in [0, 0.05) is 29.7 Å². The fraction of sp³-hybridized carbons (Fsp3) is 0.150. The van der Waals surface area contributed by atoms with Crippen molar-refractivity contribution in [1.82, 2.24) is 24.8 Å². The number of thioether (sulfide) groups is 1. The summed E-state index contributed by atoms with van der Waals surface area (Å²) in [7, 11) is 0. The number of aromatic nitrogens is 5. The Balaban J connectivity index is 1.27. The van der Waals surface area contributed by atoms with Crippen molar-refractivity contribution in [2.45, 2.75) is 5.03 Å². The van der Waals surface area contributed by atoms with Gasteiger partial charge < -0.3 is 14.8 Å². The van der Waals surface area contributed by atoms with Gasteiger partial charge in [0.05, 0.1) is 5.75 Å². The van der Waals surface area contributed by atoms with Gasteiger partial charge in [-0.3, -0.25) is 9.78 Å². The van der Waals surface area contributed by atoms with Gasteiger partial charge in [-0.25, -0.2) is 0 Å². The highest BCUT2D eigenvalue weighted by molar-refractivity contribution is 7.99. The zero-order chi connectivity index (χ0) is 20.3. The van der Waals surface area contributed by atoms with Crippen LogP contribution in [0.2, 0.25) is 0 Å². The van der Waals surface area contributed by atoms with Crippen molar-refractivity contribution < 1.29 is 14.3 Å². The van der Waals surface area contributed by atoms with Crippen molar-refractivity contribution in [3.63, 3.8) is 0 Å². The van der Waals surface area contributed by atoms with Gasteiger partial charge in [0.15, 0.2) is 23.0 Å². The molecule has 0 aliphatic carbocycles. The number of nitrogens with one attached hydrogen (secondary N) is 1. The summed E-state index contributed by atoms with van der Waals surface area (Å²) >= 11 is 1.33. The van der Waals surface area contributed by atoms with Gasteiger partial charge >= 0.3 is 0 Å². The number of nitrogens with zero attached hydrogens (tertiary/aromatic N) is 5. The van der Waals surface area contributed by atoms with E-state index in [1.54, 1.807) is 35.1 Å². The van der Waals surface area contributed by atoms with E-state index in [4.69, 9.17) is 9.47 Å². The highest BCUT2D eigenvalue weighted by Crippen LogP contribution is 2.32. The normalized spacial score (nSPS) is 12.7. The van der Waals surface area contributed by atoms with Crippen LogP contribution >= 0.6 is 11.8 Å². The molecule has 0 radical (unpaired) electrons. The van der Waals surface area contributed by atoms with Crippen molar-refractivity contribution in [3.8, 4) is 22.9 Å². The molecule has 1 aromatic carbocycles. The van der Waals surface area contributed by atoms with Crippen LogP contribution < -0.4 is 14.8 Å². The maximum atomic E-state index is 12.4. The molecule has 1 aliphatic rings. The lowest BCUT2D eigenvalue weighted by molar-refractivity contribution is -0.113. The average molecular weight is 420 g/mol. The number of hydrogen-bond acceptors (Lipinski definition) is 8. The van der Waals surface area contributed by atoms with E-state index in [2.05, 4.69) is 25.6 Å². The number of fused-ring (bicyclic) bond motifs is 2. The summed E-state index contributed by atoms with van der Waals surface area (Å²) in [5, 5.41) is 16.4. The van der Waals surface area contributed by atoms with Crippen molar-refractivity contribution in [2.24, 2.45) is 0 Å². The van der Waals surface area contributed by atoms with E-state index in [0.29, 0.717) is 46.9 Å². The second-order valence-electron chi connectivity index (χ2n) is 6.40. The predicted molar refractivity (Wildman–Crippen MR) is 111 cm³/mol. The van der Waals surface area contributed by atoms with E-state index in [0.717, 1.165) is 5.56 Å². The number of carbonyl (C=O) groups is 1. The van der Waals surface area contributed by atoms with Crippen LogP contribution in [-0.2, 0) is 4.79 Å². The third-order valence-corrected chi connectivity index (χ3v) is 5.26. The fourth-order valence-corrected chi connectivity index (χ4v) is 3.64. The molecule has 5 rings (SSSR count). The first-order valence-corrected chi connectivity index (χ1v) is 10.2. The minimum absolute atomic E-state index is 0.144. The fourth-order valence-electron chi connectivity index (χ4n) is 2.98. The number of carbonyl (C=O) groups excluding carboxylic acids is 1. The Morgan fingerprint density at radius 1 is 1.10 bits per heavy atom. The molecule has 3 aromatic heterocycles. The highest BCUT2D eigenvalue weighted by Gasteiger charge is 2.14. The second kappa shape index (κ2) is 7.99. The molecule has 4 aromatic rings. The minimum Gasteiger partial charge on any atom is -0.486 e. The van der Waals surface area contributed by atoms with Gasteiger partial charge in [-0.05, 0) is 36.4 Å². The quantitative estimate of drug-likeness (QED) is 0.492. The molecule has 0 unspecified atom stereocenters. The summed E-state index contributed by atoms with van der Waals surface area (Å²) in [6, 6.07) is 12.7. The maximum Gasteiger partial charge on any atom is 0.234 e. The molecule has 9 nitrogen and oxygen atoms in total. The largest absolute Gasteiger partial charge is 0.486 e. The lowest BCUT2D eigenvalue weighted by Gasteiger charge is -2.18. The number of rotatable bonds is 5. The van der Waals surface area contributed by atoms with E-state index in [-0.39, 0.29) is 11.7 Å². The van der Waals surface area contributed by atoms with E-state index >= 15 is 0 Å². The summed E-state index contributed by atoms with van der Waals surface area (Å²) in [4.78, 5) is 16.5. The van der Waals surface area contributed by atoms with Crippen LogP contribution in [0.25, 0.3) is 17.0 Å². The summed E-state index contributed by atoms with van der Waals surface area (Å²) < 4.78 is 12.7. The van der Waals surface area contributed by atoms with Crippen molar-refractivity contribution in [3.05, 3.63) is 54.9 Å². The van der Waals surface area contributed by atoms with E-state index in [9.17, 15) is 4.79 Å². The Kier molecular flexibility index (Phi) is 4.89. The third kappa shape index (κ3) is 3.77. The third-order valence-electron chi connectivity index (χ3n) is 4.34. The number of benzene rings is 1. The Hall–Kier alpha value is -3.66. The Morgan fingerprint density at radius 2 is 2.00 bits per heavy atom. The molecule has 10 heteroatoms. The van der Waals surface area contributed by atoms with Gasteiger partial charge in [-0.15, -0.1) is 10.2 Å². The molecule has 0 saturated carbocycles. The number of ether oxygens (including phenoxy) is 2. The molecule has 1 amide bonds. The number of pyridine rings is 1. The van der Waals surface area contributed by atoms with Gasteiger partial charge in [-0.2, -0.15) is 9.61 Å². The van der Waals surface area contributed by atoms with Gasteiger partial charge in [0.2, 0.25) is 5.91 Å². The molecule has 0 spiro atoms. The topological polar surface area (TPSA) is 104 Å². The van der Waals surface area contributed by atoms with Crippen molar-refractivity contribution >= 4 is 29.0 Å². The highest BCUT2D eigenvalue weighted by atomic mass is 32.2. The van der Waals surface area contributed by atoms with Crippen LogP contribution in [0.1, 0.15) is 0 Å². The maximum absolute atomic E-state index is 12.4. The summed E-state index contributed by atoms with van der Waals surface area (Å²) in [6.45, 7) is 1.03. The number of amides is 1. The number of hydrogen-bond donors (Lipinski definition) is 1. The Morgan fingerprint density at radius 3 is 2.87 bits per heavy atom. The minimum atomic E-state index is -0.144. The molecular formula is C20H16N6O3S. The van der Waals surface area contributed by atoms with Crippen LogP contribution in [0.15, 0.2) is 59.9 Å². The Bertz CT molecular complexity index is 1210. The van der Waals surface area contributed by atoms with E-state index < -0.39 is 0 Å². The average Bonchev–Trinajstić information content (AvgIpc) is 3.21. The smallest absolute Gasteiger partial charge is 0.234 e. The molecular weight excluding hydrogens is 404 g/mol. The lowest BCUT2D eigenvalue weighted by Crippen LogP contribution is -2.17. The zero-order valence-electron chi connectivity index (χ0n) is 15.7. The zero-order valence-corrected chi connectivity index (χ0v) is 16.5. The van der Waals surface area contributed by atoms with Gasteiger partial charge in [0.25, 0.3) is 0 Å². The molecule has 0 bridgehead atoms. The SMILES string of the molecule is O=C(CSc1ccc2nnc(-c3cccnc3)n2n1)Nc1ccc2c(c1)OCCO2. The van der Waals surface area contributed by atoms with Crippen LogP contribution in [0, 0.1) is 0 Å². The van der Waals surface area contributed by atoms with Crippen LogP contribution in [0.4, 0.5) is 5.69 Å². The summed E-state index contributed by atoms with van der Waals surface area (Å²) in [5.41, 5.74) is 2.10. The first-order chi connectivity index (χ1) is 14.8. The van der Waals surface area contributed by atoms with Crippen molar-refractivity contribution in [2.75, 3.05) is 24.3 Å². The van der Waals surface area contributed by atoms with Crippen LogP contribution in [-0.4, -0.2) is 49.7 Å². The molecule has 0 fully saturated rings. The molecule has 0 saturated heterocycles. The monoisotopic (exact) mass is 420 g/mol. The first-order valence-electron chi connectivity index (χ1n) is 9.21. The van der Waals surface area contributed by atoms with Crippen molar-refractivity contribution in [1.29, 1.82) is 0 Å². The number of anilines is 1. The van der Waals surface area contributed by atoms with Gasteiger partial charge in [0.1, 0.15) is 18.2 Å². The molecule has 0 atom stereocenters. The molecule has 150 valence electrons. The predicted octanol–water partition coefficient (Wildman–Crippen LogP) is 2.69. The van der Waals surface area contributed by atoms with Gasteiger partial charge in [-0.1, -0.05) is 11.8 Å². The van der Waals surface area contributed by atoms with Crippen LogP contribution in [0.5, 0.6) is 11.5 Å². The standard InChI is InChI=1S/C20H16N6O3S/c27-18(22-14-3-4-15-16(10-14)29-9-8-28-15)12-30-19-6-5-17-23-24-20(26(17)25-19)13-2-1-7-21-11-13/h1-7,10-11H,8-9,12H2,(H,22,27). The second-order valence-corrected chi connectivity index (χ2v) is 7.40. The molecule has 1 N–H and O–H groups in total. The first kappa shape index (κ1) is 18.4. The summed E-state index contributed by atoms with van der Waals surface area (Å²) in [5.74, 6) is 1.98. The van der Waals surface area contributed by atoms with Crippen LogP contribution in [0.3, 0.4) is 0 Å². The molecule has 1 aliphatic heterocycles. The molecule has 4 heterocycles. The Labute approximate surface area is 175 Å². The summed E-state index contributed by atoms with van der Waals surface area (Å²) in [6.07, 6.45) is 3.40.